The first-order valence-electron chi connectivity index (χ1n) is 27.2. The summed E-state index contributed by atoms with van der Waals surface area (Å²) in [6, 6.07) is 11.2. The normalized spacial score (nSPS) is 20.5. The summed E-state index contributed by atoms with van der Waals surface area (Å²) in [6.07, 6.45) is 11.9. The van der Waals surface area contributed by atoms with E-state index in [9.17, 15) is 18.3 Å². The number of fused-ring (bicyclic) bond motifs is 6. The lowest BCUT2D eigenvalue weighted by molar-refractivity contribution is -0.0498. The van der Waals surface area contributed by atoms with E-state index in [0.29, 0.717) is 88.4 Å². The SMILES string of the molecule is COc1cc2nc(N)n3nc(C4CC(F)CN(c5cnn(CC6(O)CCC6)c5)C4)nc3c2cc1F.COc1ccc(CNc2nc3cc(OC)c(F)cc3c3nc(C4CC(F)CN(c5cnn(CC6(C)CCC6)c5)C4)nn23)c(OC)c1. The highest BCUT2D eigenvalue weighted by Crippen LogP contribution is 2.42. The molecule has 13 rings (SSSR count). The number of aliphatic hydroxyl groups is 1. The lowest BCUT2D eigenvalue weighted by Crippen LogP contribution is -2.41. The molecule has 4 fully saturated rings. The highest BCUT2D eigenvalue weighted by atomic mass is 19.1. The number of alkyl halides is 2. The molecule has 4 atom stereocenters. The molecule has 2 saturated carbocycles. The number of ether oxygens (including phenoxy) is 4. The third kappa shape index (κ3) is 10.6. The van der Waals surface area contributed by atoms with Crippen LogP contribution >= 0.6 is 0 Å². The second-order valence-electron chi connectivity index (χ2n) is 22.3. The predicted octanol–water partition coefficient (Wildman–Crippen LogP) is 8.22. The molecular weight excluding hydrogens is 1050 g/mol. The molecular formula is C56H64F4N16O5. The average molecular weight is 1120 g/mol. The smallest absolute Gasteiger partial charge is 0.226 e. The number of nitrogens with two attached hydrogens (primary N) is 1. The molecule has 0 spiro atoms. The van der Waals surface area contributed by atoms with E-state index in [1.165, 1.54) is 56.2 Å². The largest absolute Gasteiger partial charge is 0.497 e. The van der Waals surface area contributed by atoms with Crippen LogP contribution in [-0.2, 0) is 19.6 Å². The Kier molecular flexibility index (Phi) is 14.1. The van der Waals surface area contributed by atoms with Crippen molar-refractivity contribution in [2.24, 2.45) is 5.41 Å². The topological polar surface area (TPSA) is 223 Å². The Morgan fingerprint density at radius 3 is 1.73 bits per heavy atom. The van der Waals surface area contributed by atoms with Gasteiger partial charge in [0.15, 0.2) is 46.1 Å². The van der Waals surface area contributed by atoms with Crippen LogP contribution in [0.3, 0.4) is 0 Å². The van der Waals surface area contributed by atoms with Crippen molar-refractivity contribution >= 4 is 56.4 Å². The van der Waals surface area contributed by atoms with E-state index in [-0.39, 0.29) is 60.6 Å². The number of benzene rings is 3. The Balaban J connectivity index is 0.000000167. The van der Waals surface area contributed by atoms with Crippen LogP contribution in [0.15, 0.2) is 67.3 Å². The van der Waals surface area contributed by atoms with Crippen LogP contribution < -0.4 is 39.8 Å². The summed E-state index contributed by atoms with van der Waals surface area (Å²) in [5.74, 6) is 1.14. The van der Waals surface area contributed by atoms with Gasteiger partial charge in [0.05, 0.1) is 75.4 Å². The summed E-state index contributed by atoms with van der Waals surface area (Å²) < 4.78 is 87.3. The maximum Gasteiger partial charge on any atom is 0.226 e. The van der Waals surface area contributed by atoms with Gasteiger partial charge in [0.1, 0.15) is 23.8 Å². The molecule has 21 nitrogen and oxygen atoms in total. The van der Waals surface area contributed by atoms with Crippen molar-refractivity contribution in [3.05, 3.63) is 96.1 Å². The van der Waals surface area contributed by atoms with Crippen LogP contribution in [0, 0.1) is 17.0 Å². The summed E-state index contributed by atoms with van der Waals surface area (Å²) in [4.78, 5) is 22.5. The molecule has 4 unspecified atom stereocenters. The van der Waals surface area contributed by atoms with Gasteiger partial charge in [-0.05, 0) is 74.6 Å². The molecule has 3 aromatic carbocycles. The van der Waals surface area contributed by atoms with Gasteiger partial charge in [-0.15, -0.1) is 10.2 Å². The number of hydrogen-bond acceptors (Lipinski definition) is 17. The van der Waals surface area contributed by atoms with Crippen LogP contribution in [0.2, 0.25) is 0 Å². The van der Waals surface area contributed by atoms with Crippen molar-refractivity contribution in [1.29, 1.82) is 0 Å². The van der Waals surface area contributed by atoms with Gasteiger partial charge in [0.2, 0.25) is 11.9 Å². The number of piperidine rings is 2. The van der Waals surface area contributed by atoms with Crippen LogP contribution in [0.5, 0.6) is 23.0 Å². The minimum absolute atomic E-state index is 0.0571. The molecule has 4 N–H and O–H groups in total. The summed E-state index contributed by atoms with van der Waals surface area (Å²) in [6.45, 7) is 5.45. The number of hydrogen-bond donors (Lipinski definition) is 3. The predicted molar refractivity (Wildman–Crippen MR) is 295 cm³/mol. The monoisotopic (exact) mass is 1120 g/mol. The maximum absolute atomic E-state index is 15.3. The Hall–Kier alpha value is -8.22. The van der Waals surface area contributed by atoms with Gasteiger partial charge in [-0.1, -0.05) is 13.3 Å². The molecule has 9 aromatic rings. The van der Waals surface area contributed by atoms with Gasteiger partial charge >= 0.3 is 0 Å². The maximum atomic E-state index is 15.3. The molecule has 2 aliphatic carbocycles. The lowest BCUT2D eigenvalue weighted by Gasteiger charge is -2.38. The Morgan fingerprint density at radius 1 is 0.654 bits per heavy atom. The summed E-state index contributed by atoms with van der Waals surface area (Å²) in [7, 11) is 5.98. The zero-order valence-corrected chi connectivity index (χ0v) is 45.7. The van der Waals surface area contributed by atoms with Crippen molar-refractivity contribution < 1.29 is 41.6 Å². The van der Waals surface area contributed by atoms with Gasteiger partial charge in [-0.25, -0.2) is 37.5 Å². The third-order valence-corrected chi connectivity index (χ3v) is 16.4. The molecule has 0 radical (unpaired) electrons. The number of halogens is 4. The molecule has 4 aliphatic rings. The highest BCUT2D eigenvalue weighted by Gasteiger charge is 2.38. The minimum Gasteiger partial charge on any atom is -0.497 e. The number of nitrogen functional groups attached to an aromatic ring is 1. The molecule has 2 aliphatic heterocycles. The third-order valence-electron chi connectivity index (χ3n) is 16.4. The second kappa shape index (κ2) is 21.4. The molecule has 0 amide bonds. The number of nitrogens with zero attached hydrogens (tertiary/aromatic N) is 14. The molecule has 81 heavy (non-hydrogen) atoms. The van der Waals surface area contributed by atoms with Crippen molar-refractivity contribution in [3.63, 3.8) is 0 Å². The Bertz CT molecular complexity index is 3780. The zero-order chi connectivity index (χ0) is 56.3. The van der Waals surface area contributed by atoms with E-state index < -0.39 is 29.6 Å². The fourth-order valence-corrected chi connectivity index (χ4v) is 11.7. The van der Waals surface area contributed by atoms with E-state index in [4.69, 9.17) is 39.7 Å². The zero-order valence-electron chi connectivity index (χ0n) is 45.7. The number of methoxy groups -OCH3 is 4. The Morgan fingerprint density at radius 2 is 1.20 bits per heavy atom. The molecule has 8 heterocycles. The number of nitrogens with one attached hydrogen (secondary N) is 1. The fraction of sp³-hybridized carbons (Fsp3) is 0.464. The second-order valence-corrected chi connectivity index (χ2v) is 22.3. The average Bonchev–Trinajstić information content (AvgIpc) is 4.42. The van der Waals surface area contributed by atoms with E-state index in [1.807, 2.05) is 45.2 Å². The number of aromatic nitrogens is 12. The fourth-order valence-electron chi connectivity index (χ4n) is 11.7. The summed E-state index contributed by atoms with van der Waals surface area (Å²) in [5.41, 5.74) is 9.91. The van der Waals surface area contributed by atoms with Crippen molar-refractivity contribution in [1.82, 2.24) is 58.7 Å². The van der Waals surface area contributed by atoms with Crippen molar-refractivity contribution in [3.8, 4) is 23.0 Å². The van der Waals surface area contributed by atoms with Gasteiger partial charge in [0, 0.05) is 98.0 Å². The van der Waals surface area contributed by atoms with E-state index in [0.717, 1.165) is 42.7 Å². The quantitative estimate of drug-likeness (QED) is 0.0822. The molecule has 2 saturated heterocycles. The lowest BCUT2D eigenvalue weighted by atomic mass is 9.70. The summed E-state index contributed by atoms with van der Waals surface area (Å²) >= 11 is 0. The van der Waals surface area contributed by atoms with Gasteiger partial charge in [-0.2, -0.15) is 19.2 Å². The first-order valence-corrected chi connectivity index (χ1v) is 27.2. The van der Waals surface area contributed by atoms with E-state index >= 15 is 4.39 Å². The minimum atomic E-state index is -1.09. The van der Waals surface area contributed by atoms with Crippen molar-refractivity contribution in [2.45, 2.75) is 108 Å². The molecule has 0 bridgehead atoms. The van der Waals surface area contributed by atoms with E-state index in [2.05, 4.69) is 37.5 Å². The van der Waals surface area contributed by atoms with Gasteiger partial charge < -0.3 is 44.9 Å². The van der Waals surface area contributed by atoms with E-state index in [1.54, 1.807) is 41.7 Å². The van der Waals surface area contributed by atoms with Gasteiger partial charge in [-0.3, -0.25) is 9.36 Å². The highest BCUT2D eigenvalue weighted by molar-refractivity contribution is 5.94. The number of rotatable bonds is 15. The molecule has 6 aromatic heterocycles. The first-order chi connectivity index (χ1) is 39.1. The van der Waals surface area contributed by atoms with Crippen LogP contribution in [0.1, 0.15) is 87.3 Å². The summed E-state index contributed by atoms with van der Waals surface area (Å²) in [5, 5.41) is 33.0. The van der Waals surface area contributed by atoms with Crippen LogP contribution in [0.4, 0.5) is 40.8 Å². The van der Waals surface area contributed by atoms with Gasteiger partial charge in [0.25, 0.3) is 0 Å². The number of anilines is 4. The van der Waals surface area contributed by atoms with Crippen LogP contribution in [0.25, 0.3) is 33.1 Å². The van der Waals surface area contributed by atoms with Crippen molar-refractivity contribution in [2.75, 3.05) is 75.5 Å². The first kappa shape index (κ1) is 53.4. The molecule has 426 valence electrons. The van der Waals surface area contributed by atoms with Crippen LogP contribution in [-0.4, -0.2) is 136 Å². The molecule has 25 heteroatoms. The Labute approximate surface area is 463 Å². The standard InChI is InChI=1S/C33H38F2N8O3.C23H26F2N8O2/c1-33(8-5-9-33)19-42-18-23(15-37-42)41-16-21(10-22(34)17-41)30-39-31-25-12-26(35)29(46-4)13-27(25)38-32(43(31)40-30)36-14-20-6-7-24(44-2)11-28(20)45-3;1-35-19-7-18-16(6-17(19)25)21-29-20(30-33(21)22(26)28-18)13-5-14(24)10-31(9-13)15-8-27-32(11-15)12-23(34)3-2-4-23/h6-7,11-13,15,18,21-22H,5,8-10,14,16-17,19H2,1-4H3,(H,36,38);6-8,11,13-14,34H,2-5,9-10,12H2,1H3,(H2,26,28).